The highest BCUT2D eigenvalue weighted by molar-refractivity contribution is 6.31. The maximum atomic E-state index is 13.2. The van der Waals surface area contributed by atoms with E-state index in [1.807, 2.05) is 6.07 Å². The molecule has 1 fully saturated rings. The molecule has 0 heterocycles. The Labute approximate surface area is 119 Å². The van der Waals surface area contributed by atoms with Gasteiger partial charge in [-0.25, -0.2) is 4.39 Å². The predicted molar refractivity (Wildman–Crippen MR) is 76.2 cm³/mol. The van der Waals surface area contributed by atoms with Crippen LogP contribution in [0.5, 0.6) is 0 Å². The molecule has 0 atom stereocenters. The summed E-state index contributed by atoms with van der Waals surface area (Å²) in [4.78, 5) is 0. The lowest BCUT2D eigenvalue weighted by Gasteiger charge is -2.47. The third kappa shape index (κ3) is 3.28. The number of ether oxygens (including phenoxy) is 1. The molecule has 2 nitrogen and oxygen atoms in total. The summed E-state index contributed by atoms with van der Waals surface area (Å²) in [5.41, 5.74) is 1.12. The normalized spacial score (nSPS) is 26.2. The summed E-state index contributed by atoms with van der Waals surface area (Å²) in [5.74, 6) is 0.425. The molecule has 1 aromatic rings. The molecular weight excluding hydrogens is 265 g/mol. The maximum Gasteiger partial charge on any atom is 0.124 e. The van der Waals surface area contributed by atoms with Gasteiger partial charge < -0.3 is 10.1 Å². The summed E-state index contributed by atoms with van der Waals surface area (Å²) < 4.78 is 18.2. The molecule has 106 valence electrons. The van der Waals surface area contributed by atoms with E-state index in [4.69, 9.17) is 16.3 Å². The number of methoxy groups -OCH3 is 1. The van der Waals surface area contributed by atoms with Crippen molar-refractivity contribution in [2.45, 2.75) is 25.2 Å². The molecule has 0 amide bonds. The Morgan fingerprint density at radius 1 is 1.47 bits per heavy atom. The van der Waals surface area contributed by atoms with E-state index >= 15 is 0 Å². The Morgan fingerprint density at radius 3 is 2.79 bits per heavy atom. The zero-order chi connectivity index (χ0) is 13.9. The molecule has 0 saturated heterocycles. The van der Waals surface area contributed by atoms with Crippen LogP contribution in [0.4, 0.5) is 4.39 Å². The molecule has 1 aliphatic rings. The summed E-state index contributed by atoms with van der Waals surface area (Å²) in [7, 11) is 1.69. The lowest BCUT2D eigenvalue weighted by Crippen LogP contribution is -2.48. The summed E-state index contributed by atoms with van der Waals surface area (Å²) in [5, 5.41) is 3.95. The first-order valence-corrected chi connectivity index (χ1v) is 7.10. The minimum atomic E-state index is -0.274. The molecule has 4 heteroatoms. The Bertz CT molecular complexity index is 432. The summed E-state index contributed by atoms with van der Waals surface area (Å²) in [6, 6.07) is 4.75. The number of nitrogens with one attached hydrogen (secondary N) is 1. The second-order valence-corrected chi connectivity index (χ2v) is 5.99. The average molecular weight is 286 g/mol. The number of benzene rings is 1. The van der Waals surface area contributed by atoms with Crippen LogP contribution in [0.25, 0.3) is 0 Å². The predicted octanol–water partition coefficient (Wildman–Crippen LogP) is 3.38. The molecule has 0 bridgehead atoms. The smallest absolute Gasteiger partial charge is 0.124 e. The monoisotopic (exact) mass is 285 g/mol. The van der Waals surface area contributed by atoms with Crippen molar-refractivity contribution in [1.29, 1.82) is 0 Å². The molecule has 1 saturated carbocycles. The fourth-order valence-electron chi connectivity index (χ4n) is 3.16. The Hall–Kier alpha value is -0.640. The average Bonchev–Trinajstić information content (AvgIpc) is 2.32. The molecular formula is C15H21ClFNO. The lowest BCUT2D eigenvalue weighted by atomic mass is 9.59. The van der Waals surface area contributed by atoms with Crippen LogP contribution in [0.2, 0.25) is 5.02 Å². The van der Waals surface area contributed by atoms with Crippen LogP contribution < -0.4 is 5.32 Å². The van der Waals surface area contributed by atoms with Gasteiger partial charge in [0.2, 0.25) is 0 Å². The summed E-state index contributed by atoms with van der Waals surface area (Å²) in [6.07, 6.45) is 2.19. The second-order valence-electron chi connectivity index (χ2n) is 5.59. The zero-order valence-corrected chi connectivity index (χ0v) is 12.3. The van der Waals surface area contributed by atoms with Gasteiger partial charge in [-0.05, 0) is 36.5 Å². The molecule has 2 rings (SSSR count). The van der Waals surface area contributed by atoms with E-state index in [9.17, 15) is 4.39 Å². The van der Waals surface area contributed by atoms with Crippen LogP contribution in [-0.4, -0.2) is 26.8 Å². The Morgan fingerprint density at radius 2 is 2.21 bits per heavy atom. The molecule has 0 aliphatic heterocycles. The maximum absolute atomic E-state index is 13.2. The van der Waals surface area contributed by atoms with Crippen molar-refractivity contribution in [3.05, 3.63) is 34.6 Å². The highest BCUT2D eigenvalue weighted by Gasteiger charge is 2.44. The largest absolute Gasteiger partial charge is 0.383 e. The second kappa shape index (κ2) is 6.21. The number of rotatable bonds is 6. The van der Waals surface area contributed by atoms with Gasteiger partial charge in [-0.1, -0.05) is 24.6 Å². The fraction of sp³-hybridized carbons (Fsp3) is 0.600. The minimum Gasteiger partial charge on any atom is -0.383 e. The van der Waals surface area contributed by atoms with Crippen LogP contribution in [0.3, 0.4) is 0 Å². The summed E-state index contributed by atoms with van der Waals surface area (Å²) in [6.45, 7) is 4.63. The minimum absolute atomic E-state index is 0.0535. The van der Waals surface area contributed by atoms with Gasteiger partial charge in [0.25, 0.3) is 0 Å². The van der Waals surface area contributed by atoms with Crippen LogP contribution in [0.1, 0.15) is 25.3 Å². The zero-order valence-electron chi connectivity index (χ0n) is 11.5. The van der Waals surface area contributed by atoms with Crippen LogP contribution in [0, 0.1) is 11.7 Å². The van der Waals surface area contributed by atoms with Gasteiger partial charge in [-0.3, -0.25) is 0 Å². The highest BCUT2D eigenvalue weighted by Crippen LogP contribution is 2.49. The SMILES string of the molecule is COCCNCC1(c2ccc(F)cc2Cl)CC(C)C1. The van der Waals surface area contributed by atoms with Gasteiger partial charge in [0, 0.05) is 30.6 Å². The van der Waals surface area contributed by atoms with E-state index in [0.717, 1.165) is 31.5 Å². The molecule has 1 N–H and O–H groups in total. The van der Waals surface area contributed by atoms with Gasteiger partial charge in [0.15, 0.2) is 0 Å². The van der Waals surface area contributed by atoms with Crippen molar-refractivity contribution in [1.82, 2.24) is 5.32 Å². The van der Waals surface area contributed by atoms with E-state index in [0.29, 0.717) is 17.5 Å². The van der Waals surface area contributed by atoms with E-state index in [1.165, 1.54) is 12.1 Å². The molecule has 0 spiro atoms. The van der Waals surface area contributed by atoms with E-state index in [2.05, 4.69) is 12.2 Å². The molecule has 0 radical (unpaired) electrons. The van der Waals surface area contributed by atoms with Crippen molar-refractivity contribution < 1.29 is 9.13 Å². The molecule has 19 heavy (non-hydrogen) atoms. The topological polar surface area (TPSA) is 21.3 Å². The van der Waals surface area contributed by atoms with E-state index < -0.39 is 0 Å². The van der Waals surface area contributed by atoms with Gasteiger partial charge in [-0.2, -0.15) is 0 Å². The van der Waals surface area contributed by atoms with Crippen LogP contribution in [-0.2, 0) is 10.2 Å². The Balaban J connectivity index is 2.10. The third-order valence-corrected chi connectivity index (χ3v) is 4.24. The van der Waals surface area contributed by atoms with Gasteiger partial charge in [0.05, 0.1) is 6.61 Å². The first kappa shape index (κ1) is 14.8. The molecule has 1 aromatic carbocycles. The first-order valence-electron chi connectivity index (χ1n) is 6.72. The van der Waals surface area contributed by atoms with E-state index in [-0.39, 0.29) is 11.2 Å². The van der Waals surface area contributed by atoms with Gasteiger partial charge in [-0.15, -0.1) is 0 Å². The van der Waals surface area contributed by atoms with Crippen molar-refractivity contribution in [2.75, 3.05) is 26.8 Å². The lowest BCUT2D eigenvalue weighted by molar-refractivity contribution is 0.144. The van der Waals surface area contributed by atoms with Crippen LogP contribution >= 0.6 is 11.6 Å². The number of hydrogen-bond donors (Lipinski definition) is 1. The van der Waals surface area contributed by atoms with Crippen molar-refractivity contribution >= 4 is 11.6 Å². The standard InChI is InChI=1S/C15H21ClFNO/c1-11-8-15(9-11,10-18-5-6-19-2)13-4-3-12(17)7-14(13)16/h3-4,7,11,18H,5-6,8-10H2,1-2H3. The van der Waals surface area contributed by atoms with Crippen molar-refractivity contribution in [3.8, 4) is 0 Å². The quantitative estimate of drug-likeness (QED) is 0.809. The molecule has 0 aromatic heterocycles. The number of hydrogen-bond acceptors (Lipinski definition) is 2. The highest BCUT2D eigenvalue weighted by atomic mass is 35.5. The van der Waals surface area contributed by atoms with Gasteiger partial charge in [0.1, 0.15) is 5.82 Å². The van der Waals surface area contributed by atoms with Crippen molar-refractivity contribution in [3.63, 3.8) is 0 Å². The fourth-order valence-corrected chi connectivity index (χ4v) is 3.52. The Kier molecular flexibility index (Phi) is 4.82. The van der Waals surface area contributed by atoms with Crippen LogP contribution in [0.15, 0.2) is 18.2 Å². The number of halogens is 2. The molecule has 1 aliphatic carbocycles. The third-order valence-electron chi connectivity index (χ3n) is 3.93. The molecule has 0 unspecified atom stereocenters. The van der Waals surface area contributed by atoms with Gasteiger partial charge >= 0.3 is 0 Å². The summed E-state index contributed by atoms with van der Waals surface area (Å²) >= 11 is 6.22. The first-order chi connectivity index (χ1) is 9.07. The van der Waals surface area contributed by atoms with Crippen molar-refractivity contribution in [2.24, 2.45) is 5.92 Å². The van der Waals surface area contributed by atoms with E-state index in [1.54, 1.807) is 7.11 Å².